The Bertz CT molecular complexity index is 501. The standard InChI is InChI=1S/C15H16O2/c1-11-2-9-15(17)13(10-11)6-3-12-4-7-14(16)8-5-12/h2,4-5,7-10,16-17H,3,6H2,1H3. The highest BCUT2D eigenvalue weighted by atomic mass is 16.3. The van der Waals surface area contributed by atoms with Crippen LogP contribution in [-0.2, 0) is 12.8 Å². The molecule has 0 saturated carbocycles. The maximum Gasteiger partial charge on any atom is 0.118 e. The van der Waals surface area contributed by atoms with E-state index in [0.717, 1.165) is 29.5 Å². The number of aromatic hydroxyl groups is 2. The van der Waals surface area contributed by atoms with Gasteiger partial charge in [-0.2, -0.15) is 0 Å². The molecule has 2 aromatic rings. The first-order chi connectivity index (χ1) is 8.15. The van der Waals surface area contributed by atoms with Crippen molar-refractivity contribution in [2.24, 2.45) is 0 Å². The molecule has 0 saturated heterocycles. The molecule has 2 rings (SSSR count). The summed E-state index contributed by atoms with van der Waals surface area (Å²) in [5.41, 5.74) is 3.28. The van der Waals surface area contributed by atoms with Crippen LogP contribution >= 0.6 is 0 Å². The monoisotopic (exact) mass is 228 g/mol. The van der Waals surface area contributed by atoms with Gasteiger partial charge in [-0.1, -0.05) is 29.8 Å². The van der Waals surface area contributed by atoms with Gasteiger partial charge in [-0.25, -0.2) is 0 Å². The molecular formula is C15H16O2. The van der Waals surface area contributed by atoms with Crippen LogP contribution in [0, 0.1) is 6.92 Å². The van der Waals surface area contributed by atoms with Crippen molar-refractivity contribution in [2.75, 3.05) is 0 Å². The summed E-state index contributed by atoms with van der Waals surface area (Å²) in [6.45, 7) is 2.02. The average Bonchev–Trinajstić information content (AvgIpc) is 2.32. The molecule has 0 atom stereocenters. The fourth-order valence-electron chi connectivity index (χ4n) is 1.86. The molecule has 2 nitrogen and oxygen atoms in total. The Morgan fingerprint density at radius 2 is 1.59 bits per heavy atom. The summed E-state index contributed by atoms with van der Waals surface area (Å²) in [6, 6.07) is 12.8. The number of rotatable bonds is 3. The van der Waals surface area contributed by atoms with Crippen molar-refractivity contribution in [3.05, 3.63) is 59.2 Å². The number of aryl methyl sites for hydroxylation is 3. The lowest BCUT2D eigenvalue weighted by molar-refractivity contribution is 0.467. The van der Waals surface area contributed by atoms with Gasteiger partial charge in [0.25, 0.3) is 0 Å². The molecular weight excluding hydrogens is 212 g/mol. The predicted octanol–water partition coefficient (Wildman–Crippen LogP) is 3.19. The van der Waals surface area contributed by atoms with Crippen molar-refractivity contribution in [2.45, 2.75) is 19.8 Å². The van der Waals surface area contributed by atoms with Gasteiger partial charge in [0.05, 0.1) is 0 Å². The van der Waals surface area contributed by atoms with Gasteiger partial charge in [-0.15, -0.1) is 0 Å². The van der Waals surface area contributed by atoms with Crippen LogP contribution in [0.2, 0.25) is 0 Å². The molecule has 0 aliphatic rings. The van der Waals surface area contributed by atoms with Crippen molar-refractivity contribution in [1.29, 1.82) is 0 Å². The highest BCUT2D eigenvalue weighted by Crippen LogP contribution is 2.20. The molecule has 0 fully saturated rings. The fraction of sp³-hybridized carbons (Fsp3) is 0.200. The smallest absolute Gasteiger partial charge is 0.118 e. The molecule has 17 heavy (non-hydrogen) atoms. The Kier molecular flexibility index (Phi) is 3.33. The lowest BCUT2D eigenvalue weighted by Crippen LogP contribution is -1.92. The van der Waals surface area contributed by atoms with E-state index in [4.69, 9.17) is 0 Å². The van der Waals surface area contributed by atoms with Crippen molar-refractivity contribution in [3.8, 4) is 11.5 Å². The highest BCUT2D eigenvalue weighted by molar-refractivity contribution is 5.36. The molecule has 0 aromatic heterocycles. The fourth-order valence-corrected chi connectivity index (χ4v) is 1.86. The maximum absolute atomic E-state index is 9.72. The van der Waals surface area contributed by atoms with Gasteiger partial charge in [-0.3, -0.25) is 0 Å². The normalized spacial score (nSPS) is 10.4. The Morgan fingerprint density at radius 1 is 0.882 bits per heavy atom. The second kappa shape index (κ2) is 4.91. The van der Waals surface area contributed by atoms with Gasteiger partial charge in [-0.05, 0) is 49.1 Å². The third-order valence-corrected chi connectivity index (χ3v) is 2.85. The maximum atomic E-state index is 9.72. The first-order valence-electron chi connectivity index (χ1n) is 5.71. The van der Waals surface area contributed by atoms with E-state index < -0.39 is 0 Å². The Hall–Kier alpha value is -1.96. The van der Waals surface area contributed by atoms with Gasteiger partial charge in [0.1, 0.15) is 11.5 Å². The lowest BCUT2D eigenvalue weighted by Gasteiger charge is -2.06. The molecule has 88 valence electrons. The van der Waals surface area contributed by atoms with E-state index in [9.17, 15) is 10.2 Å². The van der Waals surface area contributed by atoms with Gasteiger partial charge < -0.3 is 10.2 Å². The topological polar surface area (TPSA) is 40.5 Å². The highest BCUT2D eigenvalue weighted by Gasteiger charge is 2.02. The Morgan fingerprint density at radius 3 is 2.29 bits per heavy atom. The predicted molar refractivity (Wildman–Crippen MR) is 68.4 cm³/mol. The summed E-state index contributed by atoms with van der Waals surface area (Å²) in [6.07, 6.45) is 1.66. The van der Waals surface area contributed by atoms with E-state index in [2.05, 4.69) is 0 Å². The third kappa shape index (κ3) is 3.00. The third-order valence-electron chi connectivity index (χ3n) is 2.85. The number of phenols is 2. The van der Waals surface area contributed by atoms with Crippen LogP contribution < -0.4 is 0 Å². The second-order valence-corrected chi connectivity index (χ2v) is 4.30. The summed E-state index contributed by atoms with van der Waals surface area (Å²) < 4.78 is 0. The van der Waals surface area contributed by atoms with Crippen LogP contribution in [-0.4, -0.2) is 10.2 Å². The zero-order valence-electron chi connectivity index (χ0n) is 9.85. The summed E-state index contributed by atoms with van der Waals surface area (Å²) >= 11 is 0. The first-order valence-corrected chi connectivity index (χ1v) is 5.71. The second-order valence-electron chi connectivity index (χ2n) is 4.30. The number of phenolic OH excluding ortho intramolecular Hbond substituents is 2. The largest absolute Gasteiger partial charge is 0.508 e. The summed E-state index contributed by atoms with van der Waals surface area (Å²) in [5.74, 6) is 0.640. The minimum absolute atomic E-state index is 0.284. The van der Waals surface area contributed by atoms with E-state index in [1.54, 1.807) is 18.2 Å². The van der Waals surface area contributed by atoms with Gasteiger partial charge in [0, 0.05) is 0 Å². The molecule has 2 N–H and O–H groups in total. The summed E-state index contributed by atoms with van der Waals surface area (Å²) in [7, 11) is 0. The average molecular weight is 228 g/mol. The van der Waals surface area contributed by atoms with Crippen molar-refractivity contribution in [3.63, 3.8) is 0 Å². The number of benzene rings is 2. The molecule has 0 heterocycles. The first kappa shape index (κ1) is 11.5. The molecule has 0 spiro atoms. The van der Waals surface area contributed by atoms with Crippen molar-refractivity contribution < 1.29 is 10.2 Å². The zero-order valence-corrected chi connectivity index (χ0v) is 9.85. The molecule has 0 bridgehead atoms. The number of hydrogen-bond donors (Lipinski definition) is 2. The Balaban J connectivity index is 2.07. The quantitative estimate of drug-likeness (QED) is 0.847. The van der Waals surface area contributed by atoms with E-state index >= 15 is 0 Å². The Labute approximate surface area is 101 Å². The van der Waals surface area contributed by atoms with E-state index in [0.29, 0.717) is 5.75 Å². The van der Waals surface area contributed by atoms with E-state index in [1.807, 2.05) is 31.2 Å². The molecule has 2 heteroatoms. The molecule has 0 aliphatic heterocycles. The molecule has 0 aliphatic carbocycles. The lowest BCUT2D eigenvalue weighted by atomic mass is 10.0. The summed E-state index contributed by atoms with van der Waals surface area (Å²) in [4.78, 5) is 0. The molecule has 0 unspecified atom stereocenters. The van der Waals surface area contributed by atoms with Crippen LogP contribution in [0.5, 0.6) is 11.5 Å². The SMILES string of the molecule is Cc1ccc(O)c(CCc2ccc(O)cc2)c1. The minimum atomic E-state index is 0.284. The molecule has 0 amide bonds. The minimum Gasteiger partial charge on any atom is -0.508 e. The summed E-state index contributed by atoms with van der Waals surface area (Å²) in [5, 5.41) is 18.9. The van der Waals surface area contributed by atoms with Crippen molar-refractivity contribution in [1.82, 2.24) is 0 Å². The molecule has 2 aromatic carbocycles. The zero-order chi connectivity index (χ0) is 12.3. The van der Waals surface area contributed by atoms with Gasteiger partial charge >= 0.3 is 0 Å². The number of hydrogen-bond acceptors (Lipinski definition) is 2. The van der Waals surface area contributed by atoms with Crippen LogP contribution in [0.25, 0.3) is 0 Å². The van der Waals surface area contributed by atoms with Gasteiger partial charge in [0.2, 0.25) is 0 Å². The van der Waals surface area contributed by atoms with Gasteiger partial charge in [0.15, 0.2) is 0 Å². The molecule has 0 radical (unpaired) electrons. The van der Waals surface area contributed by atoms with Crippen LogP contribution in [0.4, 0.5) is 0 Å². The van der Waals surface area contributed by atoms with E-state index in [1.165, 1.54) is 0 Å². The van der Waals surface area contributed by atoms with E-state index in [-0.39, 0.29) is 5.75 Å². The van der Waals surface area contributed by atoms with Crippen LogP contribution in [0.1, 0.15) is 16.7 Å². The van der Waals surface area contributed by atoms with Crippen LogP contribution in [0.15, 0.2) is 42.5 Å². The van der Waals surface area contributed by atoms with Crippen molar-refractivity contribution >= 4 is 0 Å². The van der Waals surface area contributed by atoms with Crippen LogP contribution in [0.3, 0.4) is 0 Å².